The van der Waals surface area contributed by atoms with E-state index in [4.69, 9.17) is 11.6 Å². The highest BCUT2D eigenvalue weighted by Crippen LogP contribution is 2.24. The molecule has 0 aliphatic carbocycles. The number of anilines is 1. The molecule has 38 heavy (non-hydrogen) atoms. The Morgan fingerprint density at radius 2 is 1.74 bits per heavy atom. The zero-order valence-electron chi connectivity index (χ0n) is 20.6. The largest absolute Gasteiger partial charge is 0.384 e. The molecule has 1 aromatic heterocycles. The molecule has 10 heteroatoms. The summed E-state index contributed by atoms with van der Waals surface area (Å²) in [4.78, 5) is 17.3. The molecular formula is C28H28BrClN4O3S. The zero-order valence-corrected chi connectivity index (χ0v) is 23.8. The number of amides is 1. The maximum atomic E-state index is 13.4. The van der Waals surface area contributed by atoms with E-state index >= 15 is 0 Å². The Kier molecular flexibility index (Phi) is 9.74. The third-order valence-electron chi connectivity index (χ3n) is 5.96. The van der Waals surface area contributed by atoms with Crippen molar-refractivity contribution >= 4 is 60.1 Å². The Morgan fingerprint density at radius 3 is 2.50 bits per heavy atom. The van der Waals surface area contributed by atoms with Crippen LogP contribution in [0.3, 0.4) is 0 Å². The average molecular weight is 616 g/mol. The summed E-state index contributed by atoms with van der Waals surface area (Å²) in [7, 11) is -3.85. The van der Waals surface area contributed by atoms with Crippen LogP contribution >= 0.6 is 27.5 Å². The molecule has 1 heterocycles. The summed E-state index contributed by atoms with van der Waals surface area (Å²) in [5.74, 6) is -0.345. The molecule has 0 aliphatic heterocycles. The van der Waals surface area contributed by atoms with Gasteiger partial charge in [0.25, 0.3) is 0 Å². The van der Waals surface area contributed by atoms with Crippen LogP contribution in [0.1, 0.15) is 12.0 Å². The average Bonchev–Trinajstić information content (AvgIpc) is 2.91. The molecule has 0 saturated carbocycles. The van der Waals surface area contributed by atoms with Crippen LogP contribution < -0.4 is 10.6 Å². The molecule has 7 nitrogen and oxygen atoms in total. The minimum Gasteiger partial charge on any atom is -0.384 e. The lowest BCUT2D eigenvalue weighted by atomic mass is 10.1. The van der Waals surface area contributed by atoms with E-state index in [-0.39, 0.29) is 23.9 Å². The van der Waals surface area contributed by atoms with E-state index in [0.29, 0.717) is 31.0 Å². The molecule has 0 atom stereocenters. The highest BCUT2D eigenvalue weighted by molar-refractivity contribution is 9.10. The van der Waals surface area contributed by atoms with Gasteiger partial charge in [-0.25, -0.2) is 8.42 Å². The van der Waals surface area contributed by atoms with Gasteiger partial charge in [-0.1, -0.05) is 57.9 Å². The van der Waals surface area contributed by atoms with Crippen molar-refractivity contribution in [3.8, 4) is 0 Å². The van der Waals surface area contributed by atoms with E-state index in [9.17, 15) is 13.2 Å². The standard InChI is InChI=1S/C28H28BrClN4O3S/c29-22-7-10-24(11-8-22)38(36,37)34(18-14-21-5-2-1-3-6-21)20-28(35)33-16-4-15-31-26-13-17-32-27-19-23(30)9-12-25(26)27/h1-3,5-13,17,19H,4,14-16,18,20H2,(H,31,32)(H,33,35). The summed E-state index contributed by atoms with van der Waals surface area (Å²) in [5.41, 5.74) is 2.74. The number of halogens is 2. The first-order valence-corrected chi connectivity index (χ1v) is 14.8. The first-order valence-electron chi connectivity index (χ1n) is 12.2. The number of hydrogen-bond donors (Lipinski definition) is 2. The van der Waals surface area contributed by atoms with Crippen molar-refractivity contribution in [1.82, 2.24) is 14.6 Å². The lowest BCUT2D eigenvalue weighted by molar-refractivity contribution is -0.121. The number of carbonyl (C=O) groups is 1. The van der Waals surface area contributed by atoms with Crippen molar-refractivity contribution in [1.29, 1.82) is 0 Å². The van der Waals surface area contributed by atoms with Crippen molar-refractivity contribution in [2.75, 3.05) is 31.5 Å². The van der Waals surface area contributed by atoms with Gasteiger partial charge in [0, 0.05) is 46.4 Å². The Labute approximate surface area is 236 Å². The van der Waals surface area contributed by atoms with Crippen molar-refractivity contribution < 1.29 is 13.2 Å². The second-order valence-corrected chi connectivity index (χ2v) is 12.0. The van der Waals surface area contributed by atoms with Crippen molar-refractivity contribution in [3.05, 3.63) is 100 Å². The fraction of sp³-hybridized carbons (Fsp3) is 0.214. The van der Waals surface area contributed by atoms with E-state index in [1.54, 1.807) is 18.3 Å². The third kappa shape index (κ3) is 7.54. The predicted octanol–water partition coefficient (Wildman–Crippen LogP) is 5.50. The third-order valence-corrected chi connectivity index (χ3v) is 8.58. The first kappa shape index (κ1) is 28.0. The minimum atomic E-state index is -3.85. The van der Waals surface area contributed by atoms with Crippen LogP contribution in [0.15, 0.2) is 94.4 Å². The monoisotopic (exact) mass is 614 g/mol. The molecule has 2 N–H and O–H groups in total. The molecule has 0 bridgehead atoms. The molecule has 0 saturated heterocycles. The second kappa shape index (κ2) is 13.2. The van der Waals surface area contributed by atoms with Crippen molar-refractivity contribution in [3.63, 3.8) is 0 Å². The number of hydrogen-bond acceptors (Lipinski definition) is 5. The number of fused-ring (bicyclic) bond motifs is 1. The maximum absolute atomic E-state index is 13.4. The van der Waals surface area contributed by atoms with Crippen LogP contribution in [0.2, 0.25) is 5.02 Å². The number of aromatic nitrogens is 1. The minimum absolute atomic E-state index is 0.150. The summed E-state index contributed by atoms with van der Waals surface area (Å²) in [6, 6.07) is 23.5. The molecule has 4 rings (SSSR count). The molecule has 0 spiro atoms. The van der Waals surface area contributed by atoms with Gasteiger partial charge < -0.3 is 10.6 Å². The number of carbonyl (C=O) groups excluding carboxylic acids is 1. The Morgan fingerprint density at radius 1 is 0.974 bits per heavy atom. The molecule has 1 amide bonds. The molecule has 4 aromatic rings. The van der Waals surface area contributed by atoms with Crippen LogP contribution in [-0.2, 0) is 21.2 Å². The molecule has 198 valence electrons. The van der Waals surface area contributed by atoms with Gasteiger partial charge in [-0.3, -0.25) is 9.78 Å². The second-order valence-electron chi connectivity index (χ2n) is 8.68. The Balaban J connectivity index is 1.33. The predicted molar refractivity (Wildman–Crippen MR) is 156 cm³/mol. The Bertz CT molecular complexity index is 1490. The quantitative estimate of drug-likeness (QED) is 0.205. The summed E-state index contributed by atoms with van der Waals surface area (Å²) < 4.78 is 28.8. The van der Waals surface area contributed by atoms with Crippen LogP contribution in [0.25, 0.3) is 10.9 Å². The molecule has 0 aliphatic rings. The number of sulfonamides is 1. The van der Waals surface area contributed by atoms with Crippen molar-refractivity contribution in [2.24, 2.45) is 0 Å². The van der Waals surface area contributed by atoms with Gasteiger partial charge in [0.1, 0.15) is 0 Å². The number of nitrogens with zero attached hydrogens (tertiary/aromatic N) is 2. The summed E-state index contributed by atoms with van der Waals surface area (Å²) in [6.45, 7) is 0.966. The van der Waals surface area contributed by atoms with Crippen LogP contribution in [0.5, 0.6) is 0 Å². The molecular weight excluding hydrogens is 588 g/mol. The van der Waals surface area contributed by atoms with Gasteiger partial charge >= 0.3 is 0 Å². The van der Waals surface area contributed by atoms with Crippen LogP contribution in [0.4, 0.5) is 5.69 Å². The SMILES string of the molecule is O=C(CN(CCc1ccccc1)S(=O)(=O)c1ccc(Br)cc1)NCCCNc1ccnc2cc(Cl)ccc12. The summed E-state index contributed by atoms with van der Waals surface area (Å²) in [6.07, 6.45) is 2.88. The normalized spacial score (nSPS) is 11.6. The highest BCUT2D eigenvalue weighted by Gasteiger charge is 2.26. The summed E-state index contributed by atoms with van der Waals surface area (Å²) >= 11 is 9.39. The van der Waals surface area contributed by atoms with Crippen LogP contribution in [0, 0.1) is 0 Å². The smallest absolute Gasteiger partial charge is 0.243 e. The number of benzene rings is 3. The van der Waals surface area contributed by atoms with E-state index in [1.165, 1.54) is 16.4 Å². The molecule has 0 unspecified atom stereocenters. The fourth-order valence-electron chi connectivity index (χ4n) is 3.97. The number of pyridine rings is 1. The summed E-state index contributed by atoms with van der Waals surface area (Å²) in [5, 5.41) is 7.81. The van der Waals surface area contributed by atoms with Gasteiger partial charge in [-0.15, -0.1) is 0 Å². The lowest BCUT2D eigenvalue weighted by Crippen LogP contribution is -2.42. The van der Waals surface area contributed by atoms with Gasteiger partial charge in [0.05, 0.1) is 17.0 Å². The Hall–Kier alpha value is -2.98. The number of nitrogens with one attached hydrogen (secondary N) is 2. The zero-order chi connectivity index (χ0) is 27.0. The van der Waals surface area contributed by atoms with E-state index in [1.807, 2.05) is 54.6 Å². The van der Waals surface area contributed by atoms with Gasteiger partial charge in [-0.05, 0) is 66.9 Å². The van der Waals surface area contributed by atoms with Gasteiger partial charge in [0.15, 0.2) is 0 Å². The van der Waals surface area contributed by atoms with Crippen LogP contribution in [-0.4, -0.2) is 49.8 Å². The first-order chi connectivity index (χ1) is 18.3. The molecule has 0 radical (unpaired) electrons. The fourth-order valence-corrected chi connectivity index (χ4v) is 5.80. The highest BCUT2D eigenvalue weighted by atomic mass is 79.9. The lowest BCUT2D eigenvalue weighted by Gasteiger charge is -2.22. The number of rotatable bonds is 12. The topological polar surface area (TPSA) is 91.4 Å². The van der Waals surface area contributed by atoms with Gasteiger partial charge in [0.2, 0.25) is 15.9 Å². The molecule has 3 aromatic carbocycles. The van der Waals surface area contributed by atoms with Crippen molar-refractivity contribution in [2.45, 2.75) is 17.7 Å². The molecule has 0 fully saturated rings. The van der Waals surface area contributed by atoms with E-state index in [0.717, 1.165) is 26.6 Å². The maximum Gasteiger partial charge on any atom is 0.243 e. The van der Waals surface area contributed by atoms with E-state index in [2.05, 4.69) is 31.5 Å². The van der Waals surface area contributed by atoms with E-state index < -0.39 is 10.0 Å². The van der Waals surface area contributed by atoms with Gasteiger partial charge in [-0.2, -0.15) is 4.31 Å².